The third kappa shape index (κ3) is 1.76. The monoisotopic (exact) mass is 155 g/mol. The first-order valence-corrected chi connectivity index (χ1v) is 4.62. The van der Waals surface area contributed by atoms with E-state index in [4.69, 9.17) is 0 Å². The van der Waals surface area contributed by atoms with E-state index in [0.29, 0.717) is 5.41 Å². The molecule has 0 aromatic rings. The topological polar surface area (TPSA) is 3.24 Å². The van der Waals surface area contributed by atoms with Crippen molar-refractivity contribution in [2.45, 2.75) is 27.7 Å². The maximum absolute atomic E-state index is 2.45. The molecule has 66 valence electrons. The quantitative estimate of drug-likeness (QED) is 0.518. The summed E-state index contributed by atoms with van der Waals surface area (Å²) < 4.78 is 0. The highest BCUT2D eigenvalue weighted by molar-refractivity contribution is 4.87. The summed E-state index contributed by atoms with van der Waals surface area (Å²) in [6.07, 6.45) is 0. The first-order valence-electron chi connectivity index (χ1n) is 4.62. The Labute approximate surface area is 70.8 Å². The first kappa shape index (κ1) is 9.05. The molecule has 1 heterocycles. The van der Waals surface area contributed by atoms with Crippen LogP contribution in [-0.4, -0.2) is 25.0 Å². The van der Waals surface area contributed by atoms with E-state index in [0.717, 1.165) is 11.8 Å². The van der Waals surface area contributed by atoms with Crippen molar-refractivity contribution in [3.05, 3.63) is 0 Å². The van der Waals surface area contributed by atoms with Gasteiger partial charge >= 0.3 is 0 Å². The van der Waals surface area contributed by atoms with Gasteiger partial charge in [0.2, 0.25) is 0 Å². The van der Waals surface area contributed by atoms with E-state index in [1.54, 1.807) is 0 Å². The normalized spacial score (nSPS) is 39.0. The van der Waals surface area contributed by atoms with Crippen molar-refractivity contribution in [3.63, 3.8) is 0 Å². The molecule has 2 atom stereocenters. The van der Waals surface area contributed by atoms with Gasteiger partial charge in [0.25, 0.3) is 0 Å². The Hall–Kier alpha value is -0.0400. The molecule has 1 fully saturated rings. The molecule has 0 amide bonds. The lowest BCUT2D eigenvalue weighted by Gasteiger charge is -2.45. The fourth-order valence-corrected chi connectivity index (χ4v) is 2.32. The van der Waals surface area contributed by atoms with Gasteiger partial charge in [-0.2, -0.15) is 0 Å². The molecule has 11 heavy (non-hydrogen) atoms. The Kier molecular flexibility index (Phi) is 2.29. The molecule has 0 N–H and O–H groups in total. The van der Waals surface area contributed by atoms with Crippen LogP contribution < -0.4 is 0 Å². The van der Waals surface area contributed by atoms with Crippen LogP contribution in [0.2, 0.25) is 0 Å². The summed E-state index contributed by atoms with van der Waals surface area (Å²) in [6.45, 7) is 12.0. The zero-order valence-electron chi connectivity index (χ0n) is 8.52. The van der Waals surface area contributed by atoms with Crippen LogP contribution in [0, 0.1) is 17.3 Å². The zero-order valence-corrected chi connectivity index (χ0v) is 8.52. The number of likely N-dealkylation sites (tertiary alicyclic amines) is 1. The minimum absolute atomic E-state index is 0.506. The van der Waals surface area contributed by atoms with Crippen LogP contribution in [0.3, 0.4) is 0 Å². The molecule has 0 saturated carbocycles. The Morgan fingerprint density at radius 3 is 2.27 bits per heavy atom. The van der Waals surface area contributed by atoms with Crippen molar-refractivity contribution in [2.75, 3.05) is 20.1 Å². The van der Waals surface area contributed by atoms with Gasteiger partial charge in [0.1, 0.15) is 0 Å². The standard InChI is InChI=1S/C10H21N/c1-8-6-11(5)7-10(3,4)9(8)2/h8-9H,6-7H2,1-5H3. The Balaban J connectivity index is 2.67. The second-order valence-electron chi connectivity index (χ2n) is 4.95. The van der Waals surface area contributed by atoms with Gasteiger partial charge in [-0.25, -0.2) is 0 Å². The molecule has 0 radical (unpaired) electrons. The Morgan fingerprint density at radius 2 is 1.82 bits per heavy atom. The fraction of sp³-hybridized carbons (Fsp3) is 1.00. The first-order chi connectivity index (χ1) is 4.93. The predicted octanol–water partition coefficient (Wildman–Crippen LogP) is 2.23. The molecule has 1 aliphatic heterocycles. The lowest BCUT2D eigenvalue weighted by Crippen LogP contribution is -2.47. The van der Waals surface area contributed by atoms with Crippen LogP contribution in [0.4, 0.5) is 0 Å². The minimum atomic E-state index is 0.506. The van der Waals surface area contributed by atoms with Gasteiger partial charge in [-0.3, -0.25) is 0 Å². The number of hydrogen-bond acceptors (Lipinski definition) is 1. The van der Waals surface area contributed by atoms with E-state index in [1.165, 1.54) is 13.1 Å². The highest BCUT2D eigenvalue weighted by Crippen LogP contribution is 2.36. The summed E-state index contributed by atoms with van der Waals surface area (Å²) in [6, 6.07) is 0. The third-order valence-corrected chi connectivity index (χ3v) is 3.36. The van der Waals surface area contributed by atoms with Crippen LogP contribution in [0.1, 0.15) is 27.7 Å². The molecule has 1 aliphatic rings. The van der Waals surface area contributed by atoms with Crippen molar-refractivity contribution in [1.82, 2.24) is 4.90 Å². The van der Waals surface area contributed by atoms with Crippen molar-refractivity contribution in [3.8, 4) is 0 Å². The van der Waals surface area contributed by atoms with E-state index < -0.39 is 0 Å². The van der Waals surface area contributed by atoms with Crippen LogP contribution in [0.15, 0.2) is 0 Å². The van der Waals surface area contributed by atoms with Crippen molar-refractivity contribution in [2.24, 2.45) is 17.3 Å². The summed E-state index contributed by atoms with van der Waals surface area (Å²) in [4.78, 5) is 2.45. The van der Waals surface area contributed by atoms with E-state index in [1.807, 2.05) is 0 Å². The molecule has 1 nitrogen and oxygen atoms in total. The molecular weight excluding hydrogens is 134 g/mol. The van der Waals surface area contributed by atoms with Crippen LogP contribution in [0.25, 0.3) is 0 Å². The molecule has 0 aliphatic carbocycles. The largest absolute Gasteiger partial charge is 0.306 e. The Morgan fingerprint density at radius 1 is 1.27 bits per heavy atom. The third-order valence-electron chi connectivity index (χ3n) is 3.36. The van der Waals surface area contributed by atoms with Gasteiger partial charge < -0.3 is 4.90 Å². The number of nitrogens with zero attached hydrogens (tertiary/aromatic N) is 1. The smallest absolute Gasteiger partial charge is 0.00324 e. The van der Waals surface area contributed by atoms with E-state index in [2.05, 4.69) is 39.6 Å². The lowest BCUT2D eigenvalue weighted by molar-refractivity contribution is 0.0375. The van der Waals surface area contributed by atoms with Gasteiger partial charge in [-0.1, -0.05) is 27.7 Å². The highest BCUT2D eigenvalue weighted by atomic mass is 15.1. The van der Waals surface area contributed by atoms with Crippen LogP contribution >= 0.6 is 0 Å². The molecule has 0 aromatic carbocycles. The molecule has 0 aromatic heterocycles. The van der Waals surface area contributed by atoms with Crippen LogP contribution in [-0.2, 0) is 0 Å². The van der Waals surface area contributed by atoms with Gasteiger partial charge in [0.05, 0.1) is 0 Å². The van der Waals surface area contributed by atoms with Crippen molar-refractivity contribution in [1.29, 1.82) is 0 Å². The lowest BCUT2D eigenvalue weighted by atomic mass is 9.70. The van der Waals surface area contributed by atoms with Gasteiger partial charge in [-0.05, 0) is 24.3 Å². The average Bonchev–Trinajstić information content (AvgIpc) is 1.81. The number of piperidine rings is 1. The molecule has 1 saturated heterocycles. The van der Waals surface area contributed by atoms with E-state index in [-0.39, 0.29) is 0 Å². The number of hydrogen-bond donors (Lipinski definition) is 0. The van der Waals surface area contributed by atoms with Gasteiger partial charge in [0, 0.05) is 13.1 Å². The zero-order chi connectivity index (χ0) is 8.65. The SMILES string of the molecule is CC1CN(C)CC(C)(C)C1C. The summed E-state index contributed by atoms with van der Waals surface area (Å²) in [5.74, 6) is 1.71. The molecular formula is C10H21N. The summed E-state index contributed by atoms with van der Waals surface area (Å²) in [7, 11) is 2.23. The fourth-order valence-electron chi connectivity index (χ4n) is 2.32. The summed E-state index contributed by atoms with van der Waals surface area (Å²) in [5, 5.41) is 0. The molecule has 1 heteroatoms. The maximum Gasteiger partial charge on any atom is 0.00324 e. The minimum Gasteiger partial charge on any atom is -0.306 e. The van der Waals surface area contributed by atoms with Crippen LogP contribution in [0.5, 0.6) is 0 Å². The molecule has 0 spiro atoms. The van der Waals surface area contributed by atoms with Gasteiger partial charge in [-0.15, -0.1) is 0 Å². The highest BCUT2D eigenvalue weighted by Gasteiger charge is 2.35. The summed E-state index contributed by atoms with van der Waals surface area (Å²) >= 11 is 0. The Bertz CT molecular complexity index is 140. The average molecular weight is 155 g/mol. The van der Waals surface area contributed by atoms with E-state index >= 15 is 0 Å². The predicted molar refractivity (Wildman–Crippen MR) is 49.6 cm³/mol. The van der Waals surface area contributed by atoms with Crippen molar-refractivity contribution < 1.29 is 0 Å². The molecule has 1 rings (SSSR count). The summed E-state index contributed by atoms with van der Waals surface area (Å²) in [5.41, 5.74) is 0.506. The second-order valence-corrected chi connectivity index (χ2v) is 4.95. The molecule has 0 bridgehead atoms. The maximum atomic E-state index is 2.45. The van der Waals surface area contributed by atoms with E-state index in [9.17, 15) is 0 Å². The van der Waals surface area contributed by atoms with Gasteiger partial charge in [0.15, 0.2) is 0 Å². The number of rotatable bonds is 0. The second kappa shape index (κ2) is 2.78. The van der Waals surface area contributed by atoms with Crippen molar-refractivity contribution >= 4 is 0 Å². The molecule has 2 unspecified atom stereocenters.